The number of para-hydroxylation sites is 1. The van der Waals surface area contributed by atoms with E-state index < -0.39 is 17.8 Å². The van der Waals surface area contributed by atoms with Crippen LogP contribution in [0.1, 0.15) is 27.6 Å². The Labute approximate surface area is 204 Å². The average Bonchev–Trinajstić information content (AvgIpc) is 3.03. The first-order valence-corrected chi connectivity index (χ1v) is 10.7. The minimum atomic E-state index is -0.696. The van der Waals surface area contributed by atoms with Crippen molar-refractivity contribution in [3.8, 4) is 5.75 Å². The summed E-state index contributed by atoms with van der Waals surface area (Å²) in [7, 11) is 0. The van der Waals surface area contributed by atoms with Crippen molar-refractivity contribution in [3.05, 3.63) is 99.7 Å². The van der Waals surface area contributed by atoms with Crippen LogP contribution in [0.3, 0.4) is 0 Å². The summed E-state index contributed by atoms with van der Waals surface area (Å²) in [6.07, 6.45) is 0. The van der Waals surface area contributed by atoms with Gasteiger partial charge in [0, 0.05) is 11.3 Å². The summed E-state index contributed by atoms with van der Waals surface area (Å²) in [5.41, 5.74) is 1.32. The van der Waals surface area contributed by atoms with E-state index in [0.717, 1.165) is 4.90 Å². The van der Waals surface area contributed by atoms with Crippen LogP contribution in [0, 0.1) is 0 Å². The van der Waals surface area contributed by atoms with Crippen molar-refractivity contribution in [1.82, 2.24) is 0 Å². The molecule has 1 N–H and O–H groups in total. The Kier molecular flexibility index (Phi) is 6.49. The van der Waals surface area contributed by atoms with E-state index in [0.29, 0.717) is 17.0 Å². The first kappa shape index (κ1) is 23.2. The van der Waals surface area contributed by atoms with Gasteiger partial charge in [0.25, 0.3) is 11.8 Å². The summed E-state index contributed by atoms with van der Waals surface area (Å²) < 4.78 is 5.31. The molecular formula is C25H16Cl2N2O5. The average molecular weight is 495 g/mol. The number of imide groups is 1. The number of benzene rings is 3. The molecule has 4 rings (SSSR count). The van der Waals surface area contributed by atoms with E-state index in [2.05, 4.69) is 5.32 Å². The molecule has 1 aliphatic heterocycles. The molecule has 0 aromatic heterocycles. The molecule has 1 aliphatic rings. The van der Waals surface area contributed by atoms with Gasteiger partial charge >= 0.3 is 5.97 Å². The maximum absolute atomic E-state index is 12.9. The number of amides is 2. The molecule has 0 bridgehead atoms. The predicted octanol–water partition coefficient (Wildman–Crippen LogP) is 5.20. The van der Waals surface area contributed by atoms with Crippen molar-refractivity contribution in [1.29, 1.82) is 0 Å². The quantitative estimate of drug-likeness (QED) is 0.219. The van der Waals surface area contributed by atoms with Crippen LogP contribution in [-0.4, -0.2) is 23.6 Å². The van der Waals surface area contributed by atoms with E-state index >= 15 is 0 Å². The van der Waals surface area contributed by atoms with Crippen LogP contribution in [0.25, 0.3) is 0 Å². The Bertz CT molecular complexity index is 1350. The van der Waals surface area contributed by atoms with Gasteiger partial charge in [-0.25, -0.2) is 9.69 Å². The molecule has 9 heteroatoms. The Hall–Kier alpha value is -3.94. The molecule has 0 saturated carbocycles. The van der Waals surface area contributed by atoms with E-state index in [1.165, 1.54) is 31.2 Å². The van der Waals surface area contributed by atoms with Crippen molar-refractivity contribution in [2.75, 3.05) is 10.2 Å². The summed E-state index contributed by atoms with van der Waals surface area (Å²) in [6, 6.07) is 18.7. The van der Waals surface area contributed by atoms with Gasteiger partial charge in [-0.15, -0.1) is 0 Å². The number of rotatable bonds is 6. The highest BCUT2D eigenvalue weighted by molar-refractivity contribution is 6.53. The third kappa shape index (κ3) is 4.57. The van der Waals surface area contributed by atoms with E-state index in [9.17, 15) is 19.2 Å². The number of esters is 1. The zero-order valence-corrected chi connectivity index (χ0v) is 19.2. The van der Waals surface area contributed by atoms with Crippen molar-refractivity contribution < 1.29 is 23.9 Å². The summed E-state index contributed by atoms with van der Waals surface area (Å²) in [6.45, 7) is 1.45. The number of halogens is 2. The number of hydrogen-bond donors (Lipinski definition) is 1. The first-order chi connectivity index (χ1) is 16.3. The number of nitrogens with one attached hydrogen (secondary N) is 1. The number of nitrogens with zero attached hydrogens (tertiary/aromatic N) is 1. The number of anilines is 2. The molecule has 0 atom stereocenters. The van der Waals surface area contributed by atoms with Gasteiger partial charge in [-0.05, 0) is 67.6 Å². The second-order valence-electron chi connectivity index (χ2n) is 7.26. The van der Waals surface area contributed by atoms with Crippen LogP contribution in [0.4, 0.5) is 11.4 Å². The molecule has 1 heterocycles. The van der Waals surface area contributed by atoms with Crippen molar-refractivity contribution in [3.63, 3.8) is 0 Å². The van der Waals surface area contributed by atoms with Crippen molar-refractivity contribution in [2.45, 2.75) is 6.92 Å². The molecule has 3 aromatic rings. The predicted molar refractivity (Wildman–Crippen MR) is 128 cm³/mol. The smallest absolute Gasteiger partial charge is 0.343 e. The second-order valence-corrected chi connectivity index (χ2v) is 8.04. The zero-order chi connectivity index (χ0) is 24.4. The highest BCUT2D eigenvalue weighted by atomic mass is 35.5. The van der Waals surface area contributed by atoms with Gasteiger partial charge in [-0.3, -0.25) is 14.4 Å². The third-order valence-corrected chi connectivity index (χ3v) is 5.65. The van der Waals surface area contributed by atoms with E-state index in [4.69, 9.17) is 27.9 Å². The third-order valence-electron chi connectivity index (χ3n) is 4.98. The Morgan fingerprint density at radius 2 is 1.44 bits per heavy atom. The van der Waals surface area contributed by atoms with Gasteiger partial charge in [-0.1, -0.05) is 35.3 Å². The van der Waals surface area contributed by atoms with Gasteiger partial charge in [0.05, 0.1) is 16.3 Å². The number of Topliss-reactive ketones (excluding diaryl/α,β-unsaturated/α-hetero) is 1. The number of carbonyl (C=O) groups excluding carboxylic acids is 4. The molecule has 0 radical (unpaired) electrons. The summed E-state index contributed by atoms with van der Waals surface area (Å²) in [4.78, 5) is 50.1. The van der Waals surface area contributed by atoms with Crippen LogP contribution in [-0.2, 0) is 9.59 Å². The van der Waals surface area contributed by atoms with Gasteiger partial charge in [0.1, 0.15) is 16.5 Å². The van der Waals surface area contributed by atoms with E-state index in [-0.39, 0.29) is 32.8 Å². The Morgan fingerprint density at radius 1 is 0.824 bits per heavy atom. The largest absolute Gasteiger partial charge is 0.423 e. The minimum absolute atomic E-state index is 0.0892. The standard InChI is InChI=1S/C25H16Cl2N2O5/c1-14(30)15-8-12-18(13-9-15)34-25(33)16-6-10-17(11-7-16)28-22-21(27)23(31)29(24(22)32)20-5-3-2-4-19(20)26/h2-13,28H,1H3. The monoisotopic (exact) mass is 494 g/mol. The molecule has 3 aromatic carbocycles. The SMILES string of the molecule is CC(=O)c1ccc(OC(=O)c2ccc(NC3=C(Cl)C(=O)N(c4ccccc4Cl)C3=O)cc2)cc1. The van der Waals surface area contributed by atoms with Crippen LogP contribution in [0.2, 0.25) is 5.02 Å². The minimum Gasteiger partial charge on any atom is -0.423 e. The van der Waals surface area contributed by atoms with Crippen LogP contribution in [0.5, 0.6) is 5.75 Å². The first-order valence-electron chi connectivity index (χ1n) is 9.99. The van der Waals surface area contributed by atoms with Gasteiger partial charge in [-0.2, -0.15) is 0 Å². The van der Waals surface area contributed by atoms with E-state index in [1.807, 2.05) is 0 Å². The van der Waals surface area contributed by atoms with Crippen molar-refractivity contribution >= 4 is 58.1 Å². The summed E-state index contributed by atoms with van der Waals surface area (Å²) in [5.74, 6) is -1.74. The zero-order valence-electron chi connectivity index (χ0n) is 17.7. The van der Waals surface area contributed by atoms with Gasteiger partial charge in [0.2, 0.25) is 0 Å². The Balaban J connectivity index is 1.46. The van der Waals surface area contributed by atoms with Gasteiger partial charge in [0.15, 0.2) is 5.78 Å². The molecule has 7 nitrogen and oxygen atoms in total. The summed E-state index contributed by atoms with van der Waals surface area (Å²) in [5, 5.41) is 2.79. The number of hydrogen-bond acceptors (Lipinski definition) is 6. The summed E-state index contributed by atoms with van der Waals surface area (Å²) >= 11 is 12.3. The van der Waals surface area contributed by atoms with Crippen LogP contribution < -0.4 is 15.0 Å². The molecule has 0 saturated heterocycles. The topological polar surface area (TPSA) is 92.8 Å². The highest BCUT2D eigenvalue weighted by Gasteiger charge is 2.39. The lowest BCUT2D eigenvalue weighted by atomic mass is 10.1. The van der Waals surface area contributed by atoms with Crippen LogP contribution in [0.15, 0.2) is 83.5 Å². The number of carbonyl (C=O) groups is 4. The lowest BCUT2D eigenvalue weighted by Gasteiger charge is -2.16. The maximum atomic E-state index is 12.9. The lowest BCUT2D eigenvalue weighted by Crippen LogP contribution is -2.32. The molecule has 34 heavy (non-hydrogen) atoms. The highest BCUT2D eigenvalue weighted by Crippen LogP contribution is 2.34. The molecular weight excluding hydrogens is 479 g/mol. The molecule has 0 unspecified atom stereocenters. The molecule has 0 spiro atoms. The fourth-order valence-corrected chi connectivity index (χ4v) is 3.65. The fourth-order valence-electron chi connectivity index (χ4n) is 3.22. The molecule has 2 amide bonds. The van der Waals surface area contributed by atoms with Crippen molar-refractivity contribution in [2.24, 2.45) is 0 Å². The normalized spacial score (nSPS) is 13.3. The van der Waals surface area contributed by atoms with Crippen LogP contribution >= 0.6 is 23.2 Å². The van der Waals surface area contributed by atoms with E-state index in [1.54, 1.807) is 48.5 Å². The second kappa shape index (κ2) is 9.51. The molecule has 170 valence electrons. The number of ether oxygens (including phenoxy) is 1. The Morgan fingerprint density at radius 3 is 2.06 bits per heavy atom. The molecule has 0 fully saturated rings. The maximum Gasteiger partial charge on any atom is 0.343 e. The lowest BCUT2D eigenvalue weighted by molar-refractivity contribution is -0.120. The fraction of sp³-hybridized carbons (Fsp3) is 0.0400. The molecule has 0 aliphatic carbocycles. The van der Waals surface area contributed by atoms with Gasteiger partial charge < -0.3 is 10.1 Å². The number of ketones is 1.